The summed E-state index contributed by atoms with van der Waals surface area (Å²) in [7, 11) is 0. The van der Waals surface area contributed by atoms with Gasteiger partial charge in [0.05, 0.1) is 6.61 Å². The monoisotopic (exact) mass is 208 g/mol. The van der Waals surface area contributed by atoms with Gasteiger partial charge in [-0.05, 0) is 13.8 Å². The van der Waals surface area contributed by atoms with Crippen LogP contribution < -0.4 is 4.74 Å². The molecule has 4 nitrogen and oxygen atoms in total. The minimum absolute atomic E-state index is 0.0130. The van der Waals surface area contributed by atoms with E-state index < -0.39 is 0 Å². The highest BCUT2D eigenvalue weighted by Gasteiger charge is 2.28. The van der Waals surface area contributed by atoms with Crippen molar-refractivity contribution < 1.29 is 19.7 Å². The van der Waals surface area contributed by atoms with Crippen LogP contribution in [-0.2, 0) is 0 Å². The number of phenols is 2. The Morgan fingerprint density at radius 3 is 2.47 bits per heavy atom. The summed E-state index contributed by atoms with van der Waals surface area (Å²) < 4.78 is 5.30. The summed E-state index contributed by atoms with van der Waals surface area (Å²) in [4.78, 5) is 11.6. The first-order valence-corrected chi connectivity index (χ1v) is 4.75. The molecule has 1 aliphatic rings. The zero-order valence-corrected chi connectivity index (χ0v) is 8.63. The van der Waals surface area contributed by atoms with Crippen molar-refractivity contribution in [2.24, 2.45) is 0 Å². The molecule has 2 N–H and O–H groups in total. The van der Waals surface area contributed by atoms with Crippen LogP contribution in [-0.4, -0.2) is 22.6 Å². The van der Waals surface area contributed by atoms with Crippen LogP contribution in [0.25, 0.3) is 0 Å². The molecule has 80 valence electrons. The summed E-state index contributed by atoms with van der Waals surface area (Å²) >= 11 is 0. The zero-order chi connectivity index (χ0) is 11.2. The molecule has 1 aromatic carbocycles. The van der Waals surface area contributed by atoms with Crippen molar-refractivity contribution in [2.75, 3.05) is 6.61 Å². The predicted molar refractivity (Wildman–Crippen MR) is 53.7 cm³/mol. The maximum atomic E-state index is 11.6. The molecule has 0 saturated heterocycles. The van der Waals surface area contributed by atoms with E-state index in [9.17, 15) is 15.0 Å². The molecule has 0 atom stereocenters. The third-order valence-corrected chi connectivity index (χ3v) is 2.72. The largest absolute Gasteiger partial charge is 0.507 e. The van der Waals surface area contributed by atoms with Gasteiger partial charge in [-0.15, -0.1) is 0 Å². The lowest BCUT2D eigenvalue weighted by Crippen LogP contribution is -2.17. The number of ether oxygens (including phenoxy) is 1. The second-order valence-corrected chi connectivity index (χ2v) is 3.67. The molecule has 0 fully saturated rings. The summed E-state index contributed by atoms with van der Waals surface area (Å²) in [5.41, 5.74) is 1.03. The van der Waals surface area contributed by atoms with Gasteiger partial charge in [-0.2, -0.15) is 0 Å². The Hall–Kier alpha value is -1.71. The van der Waals surface area contributed by atoms with Crippen molar-refractivity contribution >= 4 is 5.78 Å². The number of phenolic OH excluding ortho intramolecular Hbond substituents is 2. The van der Waals surface area contributed by atoms with Crippen molar-refractivity contribution in [1.29, 1.82) is 0 Å². The third-order valence-electron chi connectivity index (χ3n) is 2.72. The van der Waals surface area contributed by atoms with Gasteiger partial charge in [-0.1, -0.05) is 0 Å². The number of carbonyl (C=O) groups excluding carboxylic acids is 1. The molecule has 0 aliphatic carbocycles. The maximum Gasteiger partial charge on any atom is 0.173 e. The van der Waals surface area contributed by atoms with E-state index in [0.29, 0.717) is 23.5 Å². The van der Waals surface area contributed by atoms with Crippen molar-refractivity contribution in [3.63, 3.8) is 0 Å². The van der Waals surface area contributed by atoms with Crippen LogP contribution in [0.15, 0.2) is 0 Å². The molecule has 1 aliphatic heterocycles. The number of hydrogen-bond acceptors (Lipinski definition) is 4. The van der Waals surface area contributed by atoms with Crippen molar-refractivity contribution in [3.8, 4) is 17.2 Å². The summed E-state index contributed by atoms with van der Waals surface area (Å²) in [5, 5.41) is 19.4. The van der Waals surface area contributed by atoms with E-state index in [1.165, 1.54) is 0 Å². The molecule has 2 rings (SSSR count). The van der Waals surface area contributed by atoms with Crippen LogP contribution in [0.2, 0.25) is 0 Å². The molecule has 0 saturated carbocycles. The van der Waals surface area contributed by atoms with Gasteiger partial charge in [0, 0.05) is 17.5 Å². The molecular weight excluding hydrogens is 196 g/mol. The number of benzene rings is 1. The van der Waals surface area contributed by atoms with Crippen LogP contribution in [0, 0.1) is 13.8 Å². The lowest BCUT2D eigenvalue weighted by Gasteiger charge is -2.21. The number of rotatable bonds is 0. The number of aromatic hydroxyl groups is 2. The Morgan fingerprint density at radius 2 is 1.80 bits per heavy atom. The second-order valence-electron chi connectivity index (χ2n) is 3.67. The smallest absolute Gasteiger partial charge is 0.173 e. The lowest BCUT2D eigenvalue weighted by atomic mass is 9.96. The number of ketones is 1. The SMILES string of the molecule is Cc1c(O)c(C)c2c(c1O)C(=O)CCO2. The minimum Gasteiger partial charge on any atom is -0.507 e. The average Bonchev–Trinajstić information content (AvgIpc) is 2.23. The molecule has 0 bridgehead atoms. The molecule has 15 heavy (non-hydrogen) atoms. The van der Waals surface area contributed by atoms with Crippen LogP contribution in [0.5, 0.6) is 17.2 Å². The van der Waals surface area contributed by atoms with Crippen molar-refractivity contribution in [3.05, 3.63) is 16.7 Å². The third kappa shape index (κ3) is 1.25. The molecule has 1 aromatic rings. The quantitative estimate of drug-likeness (QED) is 0.680. The van der Waals surface area contributed by atoms with E-state index in [-0.39, 0.29) is 29.3 Å². The fraction of sp³-hybridized carbons (Fsp3) is 0.364. The number of hydrogen-bond donors (Lipinski definition) is 2. The standard InChI is InChI=1S/C11H12O4/c1-5-9(13)6(2)11-8(10(5)14)7(12)3-4-15-11/h13-14H,3-4H2,1-2H3. The summed E-state index contributed by atoms with van der Waals surface area (Å²) in [6, 6.07) is 0. The zero-order valence-electron chi connectivity index (χ0n) is 8.63. The highest BCUT2D eigenvalue weighted by molar-refractivity contribution is 6.03. The number of fused-ring (bicyclic) bond motifs is 1. The van der Waals surface area contributed by atoms with E-state index in [2.05, 4.69) is 0 Å². The van der Waals surface area contributed by atoms with Gasteiger partial charge in [0.1, 0.15) is 22.8 Å². The summed E-state index contributed by atoms with van der Waals surface area (Å²) in [6.45, 7) is 3.54. The minimum atomic E-state index is -0.169. The highest BCUT2D eigenvalue weighted by Crippen LogP contribution is 2.43. The molecule has 0 unspecified atom stereocenters. The van der Waals surface area contributed by atoms with Gasteiger partial charge < -0.3 is 14.9 Å². The average molecular weight is 208 g/mol. The van der Waals surface area contributed by atoms with E-state index in [1.807, 2.05) is 0 Å². The molecule has 0 aromatic heterocycles. The van der Waals surface area contributed by atoms with Gasteiger partial charge in [0.25, 0.3) is 0 Å². The van der Waals surface area contributed by atoms with E-state index in [0.717, 1.165) is 0 Å². The fourth-order valence-corrected chi connectivity index (χ4v) is 1.79. The van der Waals surface area contributed by atoms with Crippen LogP contribution in [0.4, 0.5) is 0 Å². The van der Waals surface area contributed by atoms with Crippen LogP contribution in [0.1, 0.15) is 27.9 Å². The van der Waals surface area contributed by atoms with Gasteiger partial charge >= 0.3 is 0 Å². The Bertz CT molecular complexity index is 449. The highest BCUT2D eigenvalue weighted by atomic mass is 16.5. The lowest BCUT2D eigenvalue weighted by molar-refractivity contribution is 0.0928. The van der Waals surface area contributed by atoms with Crippen molar-refractivity contribution in [1.82, 2.24) is 0 Å². The van der Waals surface area contributed by atoms with Gasteiger partial charge in [0.2, 0.25) is 0 Å². The first-order chi connectivity index (χ1) is 7.04. The molecule has 0 amide bonds. The Balaban J connectivity index is 2.80. The molecule has 4 heteroatoms. The summed E-state index contributed by atoms with van der Waals surface area (Å²) in [6.07, 6.45) is 0.268. The topological polar surface area (TPSA) is 66.8 Å². The van der Waals surface area contributed by atoms with E-state index in [4.69, 9.17) is 4.74 Å². The Labute approximate surface area is 87.1 Å². The van der Waals surface area contributed by atoms with Crippen molar-refractivity contribution in [2.45, 2.75) is 20.3 Å². The molecule has 1 heterocycles. The van der Waals surface area contributed by atoms with Crippen LogP contribution in [0.3, 0.4) is 0 Å². The molecule has 0 spiro atoms. The second kappa shape index (κ2) is 3.15. The first kappa shape index (κ1) is 9.83. The predicted octanol–water partition coefficient (Wildman–Crippen LogP) is 1.68. The van der Waals surface area contributed by atoms with Gasteiger partial charge in [-0.3, -0.25) is 4.79 Å². The van der Waals surface area contributed by atoms with Gasteiger partial charge in [0.15, 0.2) is 5.78 Å². The molecular formula is C11H12O4. The normalized spacial score (nSPS) is 14.7. The van der Waals surface area contributed by atoms with Crippen LogP contribution >= 0.6 is 0 Å². The number of carbonyl (C=O) groups is 1. The Morgan fingerprint density at radius 1 is 1.13 bits per heavy atom. The first-order valence-electron chi connectivity index (χ1n) is 4.75. The fourth-order valence-electron chi connectivity index (χ4n) is 1.79. The van der Waals surface area contributed by atoms with Gasteiger partial charge in [-0.25, -0.2) is 0 Å². The van der Waals surface area contributed by atoms with E-state index >= 15 is 0 Å². The number of Topliss-reactive ketones (excluding diaryl/α,β-unsaturated/α-hetero) is 1. The maximum absolute atomic E-state index is 11.6. The van der Waals surface area contributed by atoms with E-state index in [1.54, 1.807) is 13.8 Å². The Kier molecular flexibility index (Phi) is 2.07. The molecule has 0 radical (unpaired) electrons. The summed E-state index contributed by atoms with van der Waals surface area (Å²) in [5.74, 6) is -0.00875.